The summed E-state index contributed by atoms with van der Waals surface area (Å²) in [5, 5.41) is 0.716. The van der Waals surface area contributed by atoms with Crippen molar-refractivity contribution in [2.45, 2.75) is 25.8 Å². The normalized spacial score (nSPS) is 20.0. The maximum Gasteiger partial charge on any atom is 0.119 e. The third-order valence-corrected chi connectivity index (χ3v) is 3.43. The number of hydrogen-bond donors (Lipinski definition) is 0. The Bertz CT molecular complexity index is 401. The maximum atomic E-state index is 5.92. The summed E-state index contributed by atoms with van der Waals surface area (Å²) in [5.74, 6) is 0.938. The molecule has 0 aromatic heterocycles. The average Bonchev–Trinajstić information content (AvgIpc) is 2.78. The van der Waals surface area contributed by atoms with Crippen molar-refractivity contribution in [3.8, 4) is 5.75 Å². The first-order valence-electron chi connectivity index (χ1n) is 6.50. The van der Waals surface area contributed by atoms with Gasteiger partial charge in [0.15, 0.2) is 0 Å². The molecule has 0 saturated carbocycles. The zero-order valence-electron chi connectivity index (χ0n) is 10.9. The van der Waals surface area contributed by atoms with Crippen molar-refractivity contribution in [3.63, 3.8) is 0 Å². The topological polar surface area (TPSA) is 12.5 Å². The molecule has 1 aromatic carbocycles. The van der Waals surface area contributed by atoms with Crippen LogP contribution in [0.25, 0.3) is 0 Å². The van der Waals surface area contributed by atoms with Crippen molar-refractivity contribution in [3.05, 3.63) is 41.4 Å². The molecule has 1 aromatic rings. The lowest BCUT2D eigenvalue weighted by molar-refractivity contribution is 0.283. The number of nitrogens with zero attached hydrogens (tertiary/aromatic N) is 1. The summed E-state index contributed by atoms with van der Waals surface area (Å²) in [6.07, 6.45) is 2.42. The van der Waals surface area contributed by atoms with Crippen LogP contribution >= 0.6 is 11.6 Å². The van der Waals surface area contributed by atoms with Gasteiger partial charge in [0.1, 0.15) is 5.75 Å². The summed E-state index contributed by atoms with van der Waals surface area (Å²) in [6, 6.07) is 8.88. The van der Waals surface area contributed by atoms with E-state index in [9.17, 15) is 0 Å². The lowest BCUT2D eigenvalue weighted by atomic mass is 10.0. The monoisotopic (exact) mass is 265 g/mol. The van der Waals surface area contributed by atoms with E-state index < -0.39 is 0 Å². The van der Waals surface area contributed by atoms with Crippen LogP contribution < -0.4 is 4.74 Å². The lowest BCUT2D eigenvalue weighted by Gasteiger charge is -2.24. The molecule has 1 aliphatic heterocycles. The van der Waals surface area contributed by atoms with Gasteiger partial charge in [-0.25, -0.2) is 0 Å². The molecule has 0 spiro atoms. The molecule has 0 N–H and O–H groups in total. The Morgan fingerprint density at radius 1 is 1.44 bits per heavy atom. The molecule has 1 aliphatic rings. The van der Waals surface area contributed by atoms with Gasteiger partial charge in [-0.05, 0) is 44.0 Å². The Morgan fingerprint density at radius 3 is 2.78 bits per heavy atom. The number of ether oxygens (including phenoxy) is 1. The van der Waals surface area contributed by atoms with Crippen LogP contribution in [0.1, 0.15) is 31.4 Å². The fourth-order valence-electron chi connectivity index (χ4n) is 2.57. The highest BCUT2D eigenvalue weighted by Crippen LogP contribution is 2.33. The smallest absolute Gasteiger partial charge is 0.119 e. The van der Waals surface area contributed by atoms with E-state index in [2.05, 4.69) is 23.6 Å². The van der Waals surface area contributed by atoms with Gasteiger partial charge in [0, 0.05) is 17.6 Å². The summed E-state index contributed by atoms with van der Waals surface area (Å²) in [6.45, 7) is 8.37. The van der Waals surface area contributed by atoms with E-state index in [1.165, 1.54) is 18.4 Å². The zero-order valence-corrected chi connectivity index (χ0v) is 11.6. The second-order valence-electron chi connectivity index (χ2n) is 4.65. The zero-order chi connectivity index (χ0) is 13.0. The van der Waals surface area contributed by atoms with Crippen LogP contribution in [0.2, 0.25) is 0 Å². The Balaban J connectivity index is 2.07. The van der Waals surface area contributed by atoms with Gasteiger partial charge in [-0.15, -0.1) is 0 Å². The molecule has 0 amide bonds. The molecule has 1 unspecified atom stereocenters. The molecule has 3 heteroatoms. The molecule has 2 nitrogen and oxygen atoms in total. The summed E-state index contributed by atoms with van der Waals surface area (Å²) in [7, 11) is 0. The molecule has 1 saturated heterocycles. The quantitative estimate of drug-likeness (QED) is 0.799. The Kier molecular flexibility index (Phi) is 4.67. The van der Waals surface area contributed by atoms with Crippen molar-refractivity contribution < 1.29 is 4.74 Å². The summed E-state index contributed by atoms with van der Waals surface area (Å²) >= 11 is 5.92. The molecule has 0 radical (unpaired) electrons. The number of likely N-dealkylation sites (tertiary alicyclic amines) is 1. The summed E-state index contributed by atoms with van der Waals surface area (Å²) in [4.78, 5) is 2.39. The van der Waals surface area contributed by atoms with Crippen molar-refractivity contribution in [1.82, 2.24) is 4.90 Å². The van der Waals surface area contributed by atoms with Gasteiger partial charge in [-0.2, -0.15) is 0 Å². The van der Waals surface area contributed by atoms with Crippen molar-refractivity contribution in [2.24, 2.45) is 0 Å². The molecule has 0 aliphatic carbocycles. The van der Waals surface area contributed by atoms with E-state index >= 15 is 0 Å². The van der Waals surface area contributed by atoms with Crippen LogP contribution in [0, 0.1) is 0 Å². The summed E-state index contributed by atoms with van der Waals surface area (Å²) in [5.41, 5.74) is 1.34. The molecule has 2 rings (SSSR count). The van der Waals surface area contributed by atoms with Crippen molar-refractivity contribution >= 4 is 11.6 Å². The predicted octanol–water partition coefficient (Wildman–Crippen LogP) is 3.97. The van der Waals surface area contributed by atoms with Gasteiger partial charge >= 0.3 is 0 Å². The number of hydrogen-bond acceptors (Lipinski definition) is 2. The van der Waals surface area contributed by atoms with Crippen LogP contribution in [-0.4, -0.2) is 24.6 Å². The highest BCUT2D eigenvalue weighted by Gasteiger charge is 2.25. The predicted molar refractivity (Wildman–Crippen MR) is 76.2 cm³/mol. The second-order valence-corrected chi connectivity index (χ2v) is 5.18. The molecule has 98 valence electrons. The largest absolute Gasteiger partial charge is 0.494 e. The molecule has 1 atom stereocenters. The minimum Gasteiger partial charge on any atom is -0.494 e. The van der Waals surface area contributed by atoms with Crippen molar-refractivity contribution in [2.75, 3.05) is 19.7 Å². The molecular weight excluding hydrogens is 246 g/mol. The minimum atomic E-state index is 0.469. The Morgan fingerprint density at radius 2 is 2.17 bits per heavy atom. The highest BCUT2D eigenvalue weighted by molar-refractivity contribution is 6.29. The fourth-order valence-corrected chi connectivity index (χ4v) is 2.72. The van der Waals surface area contributed by atoms with Gasteiger partial charge in [0.2, 0.25) is 0 Å². The van der Waals surface area contributed by atoms with E-state index in [1.807, 2.05) is 19.1 Å². The van der Waals surface area contributed by atoms with E-state index in [1.54, 1.807) is 0 Å². The van der Waals surface area contributed by atoms with Gasteiger partial charge in [0.25, 0.3) is 0 Å². The maximum absolute atomic E-state index is 5.92. The van der Waals surface area contributed by atoms with Gasteiger partial charge < -0.3 is 4.74 Å². The van der Waals surface area contributed by atoms with Gasteiger partial charge in [0.05, 0.1) is 6.61 Å². The third kappa shape index (κ3) is 3.27. The molecule has 0 bridgehead atoms. The van der Waals surface area contributed by atoms with Crippen LogP contribution in [0.15, 0.2) is 35.9 Å². The van der Waals surface area contributed by atoms with Crippen LogP contribution in [-0.2, 0) is 0 Å². The van der Waals surface area contributed by atoms with Gasteiger partial charge in [-0.1, -0.05) is 30.3 Å². The standard InChI is InChI=1S/C15H20ClNO/c1-3-18-14-8-6-13(7-9-14)15-5-4-10-17(15)11-12(2)16/h6-9,15H,2-5,10-11H2,1H3. The van der Waals surface area contributed by atoms with Crippen molar-refractivity contribution in [1.29, 1.82) is 0 Å². The lowest BCUT2D eigenvalue weighted by Crippen LogP contribution is -2.24. The number of halogens is 1. The minimum absolute atomic E-state index is 0.469. The number of rotatable bonds is 5. The second kappa shape index (κ2) is 6.26. The van der Waals surface area contributed by atoms with E-state index in [-0.39, 0.29) is 0 Å². The highest BCUT2D eigenvalue weighted by atomic mass is 35.5. The SMILES string of the molecule is C=C(Cl)CN1CCCC1c1ccc(OCC)cc1. The van der Waals surface area contributed by atoms with Crippen LogP contribution in [0.3, 0.4) is 0 Å². The first-order chi connectivity index (χ1) is 8.70. The van der Waals surface area contributed by atoms with Gasteiger partial charge in [-0.3, -0.25) is 4.90 Å². The fraction of sp³-hybridized carbons (Fsp3) is 0.467. The molecule has 1 fully saturated rings. The third-order valence-electron chi connectivity index (χ3n) is 3.31. The molecule has 1 heterocycles. The molecular formula is C15H20ClNO. The molecule has 18 heavy (non-hydrogen) atoms. The Hall–Kier alpha value is -0.990. The van der Waals surface area contributed by atoms with Crippen LogP contribution in [0.4, 0.5) is 0 Å². The summed E-state index contributed by atoms with van der Waals surface area (Å²) < 4.78 is 5.47. The van der Waals surface area contributed by atoms with Crippen LogP contribution in [0.5, 0.6) is 5.75 Å². The van der Waals surface area contributed by atoms with E-state index in [0.29, 0.717) is 17.7 Å². The first kappa shape index (κ1) is 13.4. The van der Waals surface area contributed by atoms with E-state index in [4.69, 9.17) is 16.3 Å². The Labute approximate surface area is 114 Å². The van der Waals surface area contributed by atoms with E-state index in [0.717, 1.165) is 18.8 Å². The average molecular weight is 266 g/mol. The number of benzene rings is 1. The first-order valence-corrected chi connectivity index (χ1v) is 6.88.